The Hall–Kier alpha value is -2.74. The number of hydrogen-bond donors (Lipinski definition) is 2. The van der Waals surface area contributed by atoms with Crippen LogP contribution >= 0.6 is 0 Å². The number of hydrogen-bond acceptors (Lipinski definition) is 7. The van der Waals surface area contributed by atoms with Crippen LogP contribution in [-0.4, -0.2) is 61.3 Å². The van der Waals surface area contributed by atoms with Crippen molar-refractivity contribution in [3.63, 3.8) is 0 Å². The number of esters is 1. The van der Waals surface area contributed by atoms with E-state index in [0.717, 1.165) is 18.7 Å². The molecule has 4 aliphatic rings. The lowest BCUT2D eigenvalue weighted by atomic mass is 9.66. The van der Waals surface area contributed by atoms with E-state index in [1.165, 1.54) is 14.2 Å². The van der Waals surface area contributed by atoms with Crippen LogP contribution in [0.4, 0.5) is 5.69 Å². The van der Waals surface area contributed by atoms with E-state index in [0.29, 0.717) is 29.9 Å². The normalized spacial score (nSPS) is 34.4. The van der Waals surface area contributed by atoms with Gasteiger partial charge in [-0.25, -0.2) is 4.79 Å². The van der Waals surface area contributed by atoms with Gasteiger partial charge in [-0.15, -0.1) is 0 Å². The van der Waals surface area contributed by atoms with Crippen LogP contribution in [-0.2, 0) is 24.5 Å². The number of phenolic OH excluding ortho intramolecular Hbond substituents is 1. The van der Waals surface area contributed by atoms with Gasteiger partial charge < -0.3 is 24.6 Å². The maximum Gasteiger partial charge on any atom is 0.337 e. The molecule has 4 aliphatic heterocycles. The Labute approximate surface area is 174 Å². The number of benzene rings is 1. The van der Waals surface area contributed by atoms with Gasteiger partial charge in [-0.3, -0.25) is 9.69 Å². The second-order valence-corrected chi connectivity index (χ2v) is 8.64. The lowest BCUT2D eigenvalue weighted by molar-refractivity contribution is -0.139. The van der Waals surface area contributed by atoms with Gasteiger partial charge in [0.25, 0.3) is 0 Å². The van der Waals surface area contributed by atoms with E-state index in [1.54, 1.807) is 12.3 Å². The summed E-state index contributed by atoms with van der Waals surface area (Å²) in [7, 11) is 2.86. The summed E-state index contributed by atoms with van der Waals surface area (Å²) in [5.74, 6) is -0.0283. The lowest BCUT2D eigenvalue weighted by Crippen LogP contribution is -2.56. The molecule has 1 amide bonds. The van der Waals surface area contributed by atoms with Crippen molar-refractivity contribution in [2.75, 3.05) is 32.6 Å². The second kappa shape index (κ2) is 6.63. The van der Waals surface area contributed by atoms with Crippen LogP contribution in [0.15, 0.2) is 24.0 Å². The Morgan fingerprint density at radius 1 is 1.37 bits per heavy atom. The van der Waals surface area contributed by atoms with Gasteiger partial charge >= 0.3 is 5.97 Å². The number of rotatable bonds is 2. The Morgan fingerprint density at radius 2 is 2.17 bits per heavy atom. The Balaban J connectivity index is 1.57. The van der Waals surface area contributed by atoms with Gasteiger partial charge in [0.1, 0.15) is 0 Å². The van der Waals surface area contributed by atoms with Gasteiger partial charge in [-0.2, -0.15) is 0 Å². The molecule has 8 heteroatoms. The minimum Gasteiger partial charge on any atom is -0.504 e. The Bertz CT molecular complexity index is 959. The highest BCUT2D eigenvalue weighted by Gasteiger charge is 2.61. The molecule has 1 aromatic carbocycles. The van der Waals surface area contributed by atoms with Crippen LogP contribution < -0.4 is 10.1 Å². The number of piperidine rings is 1. The first-order valence-electron chi connectivity index (χ1n) is 10.3. The zero-order chi connectivity index (χ0) is 21.2. The molecule has 30 heavy (non-hydrogen) atoms. The van der Waals surface area contributed by atoms with E-state index in [1.807, 2.05) is 13.0 Å². The molecule has 1 aromatic rings. The molecule has 0 radical (unpaired) electrons. The summed E-state index contributed by atoms with van der Waals surface area (Å²) >= 11 is 0. The van der Waals surface area contributed by atoms with Crippen molar-refractivity contribution in [3.05, 3.63) is 29.5 Å². The number of carbonyl (C=O) groups excluding carboxylic acids is 2. The summed E-state index contributed by atoms with van der Waals surface area (Å²) in [4.78, 5) is 28.1. The van der Waals surface area contributed by atoms with E-state index in [-0.39, 0.29) is 41.6 Å². The van der Waals surface area contributed by atoms with Gasteiger partial charge in [-0.1, -0.05) is 6.07 Å². The molecule has 160 valence electrons. The molecule has 2 N–H and O–H groups in total. The molecule has 0 aliphatic carbocycles. The average molecular weight is 414 g/mol. The molecule has 0 saturated carbocycles. The predicted octanol–water partition coefficient (Wildman–Crippen LogP) is 1.78. The number of phenols is 1. The average Bonchev–Trinajstić information content (AvgIpc) is 3.25. The van der Waals surface area contributed by atoms with Gasteiger partial charge in [0.05, 0.1) is 43.3 Å². The molecular formula is C22H26N2O6. The fourth-order valence-electron chi connectivity index (χ4n) is 6.06. The van der Waals surface area contributed by atoms with E-state index >= 15 is 0 Å². The van der Waals surface area contributed by atoms with E-state index in [4.69, 9.17) is 14.2 Å². The fraction of sp³-hybridized carbons (Fsp3) is 0.545. The zero-order valence-electron chi connectivity index (χ0n) is 17.3. The van der Waals surface area contributed by atoms with Crippen molar-refractivity contribution in [1.29, 1.82) is 0 Å². The first kappa shape index (κ1) is 19.2. The van der Waals surface area contributed by atoms with Crippen molar-refractivity contribution in [3.8, 4) is 11.5 Å². The number of nitrogens with one attached hydrogen (secondary N) is 1. The number of nitrogens with zero attached hydrogens (tertiary/aromatic N) is 1. The highest BCUT2D eigenvalue weighted by molar-refractivity contribution is 6.09. The number of carbonyl (C=O) groups is 2. The molecule has 5 atom stereocenters. The lowest BCUT2D eigenvalue weighted by Gasteiger charge is -2.48. The molecular weight excluding hydrogens is 388 g/mol. The van der Waals surface area contributed by atoms with Gasteiger partial charge in [0.15, 0.2) is 11.5 Å². The van der Waals surface area contributed by atoms with Crippen LogP contribution in [0.1, 0.15) is 25.3 Å². The molecule has 4 heterocycles. The van der Waals surface area contributed by atoms with Crippen molar-refractivity contribution >= 4 is 17.6 Å². The number of ether oxygens (including phenoxy) is 3. The van der Waals surface area contributed by atoms with Crippen LogP contribution in [0.25, 0.3) is 0 Å². The summed E-state index contributed by atoms with van der Waals surface area (Å²) in [6.45, 7) is 3.57. The van der Waals surface area contributed by atoms with E-state index < -0.39 is 5.41 Å². The third kappa shape index (κ3) is 2.37. The quantitative estimate of drug-likeness (QED) is 0.712. The largest absolute Gasteiger partial charge is 0.504 e. The number of aromatic hydroxyl groups is 1. The zero-order valence-corrected chi connectivity index (χ0v) is 17.3. The van der Waals surface area contributed by atoms with Crippen molar-refractivity contribution in [2.45, 2.75) is 37.3 Å². The highest BCUT2D eigenvalue weighted by atomic mass is 16.5. The third-order valence-electron chi connectivity index (χ3n) is 7.54. The summed E-state index contributed by atoms with van der Waals surface area (Å²) < 4.78 is 16.1. The SMILES string of the molecule is COC(=O)C1=CO[C@@H](C)[C@@H]2CN3CC[C@]4(C(=O)Nc5c4ccc(O)c5OC)[C@@H]3C[C@H]12. The summed E-state index contributed by atoms with van der Waals surface area (Å²) in [5.41, 5.74) is 1.22. The smallest absolute Gasteiger partial charge is 0.337 e. The van der Waals surface area contributed by atoms with Crippen LogP contribution in [0.2, 0.25) is 0 Å². The molecule has 0 bridgehead atoms. The van der Waals surface area contributed by atoms with E-state index in [9.17, 15) is 14.7 Å². The molecule has 5 rings (SSSR count). The molecule has 2 fully saturated rings. The molecule has 0 unspecified atom stereocenters. The minimum atomic E-state index is -0.732. The Kier molecular flexibility index (Phi) is 4.25. The summed E-state index contributed by atoms with van der Waals surface area (Å²) in [5, 5.41) is 13.1. The molecule has 8 nitrogen and oxygen atoms in total. The van der Waals surface area contributed by atoms with Crippen molar-refractivity contribution in [2.24, 2.45) is 11.8 Å². The molecule has 0 aromatic heterocycles. The van der Waals surface area contributed by atoms with Crippen LogP contribution in [0, 0.1) is 11.8 Å². The first-order chi connectivity index (χ1) is 14.4. The minimum absolute atomic E-state index is 0.00123. The maximum absolute atomic E-state index is 13.4. The van der Waals surface area contributed by atoms with Crippen LogP contribution in [0.5, 0.6) is 11.5 Å². The van der Waals surface area contributed by atoms with Crippen LogP contribution in [0.3, 0.4) is 0 Å². The van der Waals surface area contributed by atoms with Crippen molar-refractivity contribution in [1.82, 2.24) is 4.90 Å². The number of fused-ring (bicyclic) bond motifs is 5. The maximum atomic E-state index is 13.4. The monoisotopic (exact) mass is 414 g/mol. The number of methoxy groups -OCH3 is 2. The standard InChI is InChI=1S/C22H26N2O6/c1-11-13-9-24-7-6-22(17(24)8-12(13)14(10-30-11)20(26)29-3)15-4-5-16(25)19(28-2)18(15)23-21(22)27/h4-5,10-13,17,25H,6-9H2,1-3H3,(H,23,27)/t11-,12-,13-,17-,22+/m0/s1. The molecule has 2 saturated heterocycles. The third-order valence-corrected chi connectivity index (χ3v) is 7.54. The fourth-order valence-corrected chi connectivity index (χ4v) is 6.06. The van der Waals surface area contributed by atoms with Gasteiger partial charge in [0, 0.05) is 24.4 Å². The highest BCUT2D eigenvalue weighted by Crippen LogP contribution is 2.56. The summed E-state index contributed by atoms with van der Waals surface area (Å²) in [6.07, 6.45) is 2.87. The Morgan fingerprint density at radius 3 is 2.90 bits per heavy atom. The predicted molar refractivity (Wildman–Crippen MR) is 107 cm³/mol. The second-order valence-electron chi connectivity index (χ2n) is 8.64. The molecule has 1 spiro atoms. The van der Waals surface area contributed by atoms with E-state index in [2.05, 4.69) is 10.2 Å². The van der Waals surface area contributed by atoms with Crippen molar-refractivity contribution < 1.29 is 28.9 Å². The first-order valence-corrected chi connectivity index (χ1v) is 10.3. The van der Waals surface area contributed by atoms with Gasteiger partial charge in [-0.05, 0) is 37.9 Å². The topological polar surface area (TPSA) is 97.3 Å². The number of anilines is 1. The number of amides is 1. The van der Waals surface area contributed by atoms with Gasteiger partial charge in [0.2, 0.25) is 5.91 Å². The summed E-state index contributed by atoms with van der Waals surface area (Å²) in [6, 6.07) is 3.35.